The minimum Gasteiger partial charge on any atom is -0.390 e. The second-order valence-corrected chi connectivity index (χ2v) is 29.2. The van der Waals surface area contributed by atoms with Crippen molar-refractivity contribution in [2.45, 2.75) is 247 Å². The molecule has 0 aromatic carbocycles. The molecule has 11 amide bonds. The van der Waals surface area contributed by atoms with Crippen molar-refractivity contribution in [2.75, 3.05) is 76.6 Å². The van der Waals surface area contributed by atoms with Crippen LogP contribution in [0.3, 0.4) is 0 Å². The second-order valence-electron chi connectivity index (χ2n) is 29.2. The number of hydrogen-bond acceptors (Lipinski definition) is 14. The largest absolute Gasteiger partial charge is 0.390 e. The Morgan fingerprint density at radius 1 is 0.537 bits per heavy atom. The van der Waals surface area contributed by atoms with Crippen LogP contribution >= 0.6 is 0 Å². The standard InChI is InChI=1S/C70H126N12O13/c1-28-31-33-46(14)58(83)57-62(87)73-49(30-3)64(89)76(21)50(34-32-35-75(19)20)65(90)80(25)54(40-70(17,18)95-36-29-2)61(86)74-55(44(10)11)68(93)77(22)51(37-41(4)5)60(85)71-47(15)59(84)72-48(16)63(88)78(23)52(38-42(6)7)66(91)79(24)53(39-43(8)9)67(92)81(26)56(45(12)13)69(94)82(57)27/h28-29,31,41-58,83H,2,30,32-40H2,1,3-27H3,(H,71,85)(H,72,84)(H,73,87)(H,74,86)/t46-,47+,48-,49+,50-,51+,52+,53+,54+,55+,56+,57+,58-/m1/s1. The Morgan fingerprint density at radius 2 is 0.979 bits per heavy atom. The van der Waals surface area contributed by atoms with E-state index in [0.29, 0.717) is 19.4 Å². The van der Waals surface area contributed by atoms with E-state index in [-0.39, 0.29) is 62.9 Å². The zero-order chi connectivity index (χ0) is 73.6. The van der Waals surface area contributed by atoms with Gasteiger partial charge >= 0.3 is 0 Å². The fourth-order valence-corrected chi connectivity index (χ4v) is 12.0. The van der Waals surface area contributed by atoms with Gasteiger partial charge in [0.1, 0.15) is 66.5 Å². The second kappa shape index (κ2) is 39.7. The highest BCUT2D eigenvalue weighted by Gasteiger charge is 2.47. The summed E-state index contributed by atoms with van der Waals surface area (Å²) in [6.45, 7) is 34.0. The fourth-order valence-electron chi connectivity index (χ4n) is 12.0. The Hall–Kier alpha value is -6.47. The van der Waals surface area contributed by atoms with E-state index in [4.69, 9.17) is 4.74 Å². The van der Waals surface area contributed by atoms with Gasteiger partial charge in [0.05, 0.1) is 18.3 Å². The molecule has 0 bridgehead atoms. The van der Waals surface area contributed by atoms with Crippen molar-refractivity contribution in [1.82, 2.24) is 60.5 Å². The molecule has 0 saturated carbocycles. The number of carbonyl (C=O) groups is 11. The van der Waals surface area contributed by atoms with E-state index in [2.05, 4.69) is 27.8 Å². The van der Waals surface area contributed by atoms with Gasteiger partial charge < -0.3 is 70.3 Å². The number of likely N-dealkylation sites (N-methyl/N-ethyl adjacent to an activating group) is 7. The molecule has 1 heterocycles. The van der Waals surface area contributed by atoms with Crippen molar-refractivity contribution >= 4 is 65.0 Å². The Kier molecular flexibility index (Phi) is 36.1. The van der Waals surface area contributed by atoms with Crippen molar-refractivity contribution in [3.05, 3.63) is 24.8 Å². The van der Waals surface area contributed by atoms with E-state index in [1.54, 1.807) is 74.5 Å². The van der Waals surface area contributed by atoms with Gasteiger partial charge in [0.2, 0.25) is 65.0 Å². The predicted molar refractivity (Wildman–Crippen MR) is 371 cm³/mol. The van der Waals surface area contributed by atoms with Crippen molar-refractivity contribution in [2.24, 2.45) is 35.5 Å². The summed E-state index contributed by atoms with van der Waals surface area (Å²) in [5, 5.41) is 23.5. The molecule has 95 heavy (non-hydrogen) atoms. The molecule has 1 fully saturated rings. The first-order chi connectivity index (χ1) is 43.9. The Balaban J connectivity index is 4.62. The summed E-state index contributed by atoms with van der Waals surface area (Å²) in [6.07, 6.45) is 4.66. The first-order valence-electron chi connectivity index (χ1n) is 34.2. The third-order valence-corrected chi connectivity index (χ3v) is 18.0. The first kappa shape index (κ1) is 86.5. The molecular weight excluding hydrogens is 1220 g/mol. The molecule has 0 spiro atoms. The Morgan fingerprint density at radius 3 is 1.45 bits per heavy atom. The fraction of sp³-hybridized carbons (Fsp3) is 0.786. The molecule has 25 nitrogen and oxygen atoms in total. The number of nitrogens with one attached hydrogen (secondary N) is 4. The zero-order valence-corrected chi connectivity index (χ0v) is 62.8. The Bertz CT molecular complexity index is 2610. The van der Waals surface area contributed by atoms with E-state index in [9.17, 15) is 24.3 Å². The van der Waals surface area contributed by atoms with Crippen LogP contribution < -0.4 is 21.3 Å². The number of carbonyl (C=O) groups excluding carboxylic acids is 11. The summed E-state index contributed by atoms with van der Waals surface area (Å²) in [5.41, 5.74) is -1.10. The monoisotopic (exact) mass is 1340 g/mol. The van der Waals surface area contributed by atoms with Crippen LogP contribution in [0.1, 0.15) is 169 Å². The molecule has 0 radical (unpaired) electrons. The highest BCUT2D eigenvalue weighted by molar-refractivity contribution is 6.00. The van der Waals surface area contributed by atoms with Crippen LogP contribution in [0.25, 0.3) is 0 Å². The highest BCUT2D eigenvalue weighted by Crippen LogP contribution is 2.27. The quantitative estimate of drug-likeness (QED) is 0.0945. The van der Waals surface area contributed by atoms with E-state index < -0.39 is 161 Å². The maximum Gasteiger partial charge on any atom is 0.246 e. The number of ether oxygens (including phenoxy) is 1. The normalized spacial score (nSPS) is 26.3. The molecule has 0 aromatic rings. The minimum absolute atomic E-state index is 0.0129. The van der Waals surface area contributed by atoms with Crippen LogP contribution in [0.4, 0.5) is 0 Å². The lowest BCUT2D eigenvalue weighted by Gasteiger charge is -2.41. The summed E-state index contributed by atoms with van der Waals surface area (Å²) < 4.78 is 6.15. The SMILES string of the molecule is C=CCOC(C)(C)C[C@H]1C(=O)N[C@@H](C(C)C)C(=O)N(C)[C@@H](CC(C)C)C(=O)N[C@@H](C)C(=O)N[C@H](C)C(=O)N(C)[C@@H](CC(C)C)C(=O)N(C)[C@@H](CC(C)C)C(=O)N(C)[C@@H](C(C)C)C(=O)N(C)[C@@H]([C@H](O)[C@H](C)CC=CC)C(=O)N[C@@H](CC)C(=O)N(C)[C@H](CCCN(C)C)C(=O)N1C. The smallest absolute Gasteiger partial charge is 0.246 e. The molecule has 13 atom stereocenters. The number of aliphatic hydroxyl groups is 1. The lowest BCUT2D eigenvalue weighted by atomic mass is 9.91. The average Bonchev–Trinajstić information content (AvgIpc) is 0.817. The molecule has 0 unspecified atom stereocenters. The number of amides is 11. The van der Waals surface area contributed by atoms with E-state index in [0.717, 1.165) is 4.90 Å². The predicted octanol–water partition coefficient (Wildman–Crippen LogP) is 4.30. The summed E-state index contributed by atoms with van der Waals surface area (Å²) in [5.74, 6) is -9.99. The van der Waals surface area contributed by atoms with E-state index in [1.165, 1.54) is 92.6 Å². The van der Waals surface area contributed by atoms with Gasteiger partial charge in [-0.25, -0.2) is 0 Å². The maximum atomic E-state index is 15.5. The van der Waals surface area contributed by atoms with E-state index in [1.807, 2.05) is 66.6 Å². The lowest BCUT2D eigenvalue weighted by molar-refractivity contribution is -0.157. The molecule has 0 aromatic heterocycles. The first-order valence-corrected chi connectivity index (χ1v) is 34.2. The number of hydrogen-bond donors (Lipinski definition) is 5. The molecule has 1 aliphatic heterocycles. The Labute approximate surface area is 569 Å². The molecule has 0 aliphatic carbocycles. The van der Waals surface area contributed by atoms with Crippen LogP contribution in [-0.4, -0.2) is 264 Å². The highest BCUT2D eigenvalue weighted by atomic mass is 16.5. The summed E-state index contributed by atoms with van der Waals surface area (Å²) in [4.78, 5) is 175. The molecule has 1 rings (SSSR count). The molecular formula is C70H126N12O13. The maximum absolute atomic E-state index is 15.5. The van der Waals surface area contributed by atoms with Crippen LogP contribution in [0.2, 0.25) is 0 Å². The van der Waals surface area contributed by atoms with Crippen LogP contribution in [0.5, 0.6) is 0 Å². The van der Waals surface area contributed by atoms with Gasteiger partial charge in [0, 0.05) is 55.8 Å². The van der Waals surface area contributed by atoms with Crippen molar-refractivity contribution in [3.8, 4) is 0 Å². The van der Waals surface area contributed by atoms with Gasteiger partial charge in [0.15, 0.2) is 0 Å². The van der Waals surface area contributed by atoms with Gasteiger partial charge in [-0.2, -0.15) is 0 Å². The van der Waals surface area contributed by atoms with Crippen molar-refractivity contribution < 1.29 is 62.6 Å². The van der Waals surface area contributed by atoms with Gasteiger partial charge in [-0.05, 0) is 136 Å². The van der Waals surface area contributed by atoms with Crippen LogP contribution in [0.15, 0.2) is 24.8 Å². The summed E-state index contributed by atoms with van der Waals surface area (Å²) in [6, 6.07) is -14.1. The number of aliphatic hydroxyl groups excluding tert-OH is 1. The van der Waals surface area contributed by atoms with Gasteiger partial charge in [0.25, 0.3) is 0 Å². The average molecular weight is 1340 g/mol. The van der Waals surface area contributed by atoms with Crippen LogP contribution in [0, 0.1) is 35.5 Å². The summed E-state index contributed by atoms with van der Waals surface area (Å²) in [7, 11) is 13.7. The van der Waals surface area contributed by atoms with E-state index >= 15 is 33.6 Å². The van der Waals surface area contributed by atoms with Gasteiger partial charge in [-0.1, -0.05) is 101 Å². The molecule has 1 aliphatic rings. The molecule has 1 saturated heterocycles. The number of nitrogens with zero attached hydrogens (tertiary/aromatic N) is 8. The topological polar surface area (TPSA) is 291 Å². The van der Waals surface area contributed by atoms with Gasteiger partial charge in [-0.3, -0.25) is 52.7 Å². The van der Waals surface area contributed by atoms with Crippen LogP contribution in [-0.2, 0) is 57.5 Å². The lowest BCUT2D eigenvalue weighted by Crippen LogP contribution is -2.64. The summed E-state index contributed by atoms with van der Waals surface area (Å²) >= 11 is 0. The molecule has 544 valence electrons. The third-order valence-electron chi connectivity index (χ3n) is 18.0. The van der Waals surface area contributed by atoms with Gasteiger partial charge in [-0.15, -0.1) is 6.58 Å². The minimum atomic E-state index is -1.65. The number of allylic oxidation sites excluding steroid dienone is 2. The third kappa shape index (κ3) is 25.2. The molecule has 5 N–H and O–H groups in total. The van der Waals surface area contributed by atoms with Crippen molar-refractivity contribution in [1.29, 1.82) is 0 Å². The molecule has 25 heteroatoms. The number of rotatable bonds is 22. The van der Waals surface area contributed by atoms with Crippen molar-refractivity contribution in [3.63, 3.8) is 0 Å². The zero-order valence-electron chi connectivity index (χ0n) is 62.8.